The van der Waals surface area contributed by atoms with Crippen molar-refractivity contribution in [3.8, 4) is 5.75 Å². The lowest BCUT2D eigenvalue weighted by molar-refractivity contribution is -0.118. The number of hydrogen-bond acceptors (Lipinski definition) is 5. The van der Waals surface area contributed by atoms with Gasteiger partial charge in [-0.15, -0.1) is 0 Å². The summed E-state index contributed by atoms with van der Waals surface area (Å²) in [6, 6.07) is 18.3. The predicted molar refractivity (Wildman–Crippen MR) is 133 cm³/mol. The van der Waals surface area contributed by atoms with Gasteiger partial charge >= 0.3 is 0 Å². The summed E-state index contributed by atoms with van der Waals surface area (Å²) in [6.45, 7) is 4.06. The van der Waals surface area contributed by atoms with E-state index in [-0.39, 0.29) is 16.9 Å². The van der Waals surface area contributed by atoms with Crippen LogP contribution in [0.5, 0.6) is 5.75 Å². The summed E-state index contributed by atoms with van der Waals surface area (Å²) < 4.78 is 32.1. The van der Waals surface area contributed by atoms with E-state index in [4.69, 9.17) is 4.74 Å². The second-order valence-corrected chi connectivity index (χ2v) is 9.60. The van der Waals surface area contributed by atoms with Gasteiger partial charge in [-0.05, 0) is 54.6 Å². The van der Waals surface area contributed by atoms with Crippen molar-refractivity contribution >= 4 is 43.4 Å². The average Bonchev–Trinajstić information content (AvgIpc) is 2.84. The molecule has 1 heterocycles. The molecular weight excluding hydrogens is 454 g/mol. The molecule has 2 N–H and O–H groups in total. The van der Waals surface area contributed by atoms with Crippen molar-refractivity contribution in [3.63, 3.8) is 0 Å². The summed E-state index contributed by atoms with van der Waals surface area (Å²) in [5.74, 6) is -0.0176. The molecule has 0 bridgehead atoms. The Balaban J connectivity index is 1.43. The highest BCUT2D eigenvalue weighted by atomic mass is 32.2. The number of amides is 1. The summed E-state index contributed by atoms with van der Waals surface area (Å²) in [7, 11) is -3.56. The number of H-pyrrole nitrogens is 1. The number of fused-ring (bicyclic) bond motifs is 2. The first kappa shape index (κ1) is 23.5. The van der Waals surface area contributed by atoms with Crippen LogP contribution >= 0.6 is 0 Å². The van der Waals surface area contributed by atoms with Gasteiger partial charge in [-0.25, -0.2) is 8.42 Å². The Morgan fingerprint density at radius 1 is 0.941 bits per heavy atom. The lowest BCUT2D eigenvalue weighted by Crippen LogP contribution is -2.30. The number of pyridine rings is 1. The third kappa shape index (κ3) is 4.66. The number of carbonyl (C=O) groups excluding carboxylic acids is 1. The molecule has 1 aromatic heterocycles. The van der Waals surface area contributed by atoms with E-state index in [0.717, 1.165) is 5.52 Å². The van der Waals surface area contributed by atoms with Crippen LogP contribution in [0.3, 0.4) is 0 Å². The minimum atomic E-state index is -3.56. The van der Waals surface area contributed by atoms with Crippen LogP contribution in [0.25, 0.3) is 21.8 Å². The molecular formula is C25H25N3O5S. The van der Waals surface area contributed by atoms with E-state index in [9.17, 15) is 18.0 Å². The van der Waals surface area contributed by atoms with Crippen LogP contribution in [-0.4, -0.2) is 43.3 Å². The fourth-order valence-electron chi connectivity index (χ4n) is 3.76. The Morgan fingerprint density at radius 3 is 2.32 bits per heavy atom. The maximum absolute atomic E-state index is 12.8. The highest BCUT2D eigenvalue weighted by Gasteiger charge is 2.21. The number of ether oxygens (including phenoxy) is 1. The molecule has 4 aromatic rings. The lowest BCUT2D eigenvalue weighted by atomic mass is 10.1. The quantitative estimate of drug-likeness (QED) is 0.375. The van der Waals surface area contributed by atoms with Crippen LogP contribution in [0.2, 0.25) is 0 Å². The van der Waals surface area contributed by atoms with Crippen LogP contribution in [0.15, 0.2) is 76.4 Å². The number of nitrogens with one attached hydrogen (secondary N) is 2. The molecule has 0 fully saturated rings. The molecule has 176 valence electrons. The van der Waals surface area contributed by atoms with Crippen molar-refractivity contribution in [2.45, 2.75) is 18.7 Å². The Bertz CT molecular complexity index is 1510. The second kappa shape index (κ2) is 9.66. The molecule has 34 heavy (non-hydrogen) atoms. The van der Waals surface area contributed by atoms with Gasteiger partial charge in [-0.1, -0.05) is 26.0 Å². The van der Waals surface area contributed by atoms with Gasteiger partial charge in [-0.2, -0.15) is 4.31 Å². The lowest BCUT2D eigenvalue weighted by Gasteiger charge is -2.18. The maximum atomic E-state index is 12.8. The Labute approximate surface area is 197 Å². The monoisotopic (exact) mass is 479 g/mol. The van der Waals surface area contributed by atoms with E-state index in [2.05, 4.69) is 10.3 Å². The number of aromatic amines is 1. The first-order valence-electron chi connectivity index (χ1n) is 10.9. The number of rotatable bonds is 8. The normalized spacial score (nSPS) is 11.7. The maximum Gasteiger partial charge on any atom is 0.262 e. The number of aromatic nitrogens is 1. The third-order valence-corrected chi connectivity index (χ3v) is 7.59. The van der Waals surface area contributed by atoms with Gasteiger partial charge in [0.05, 0.1) is 10.4 Å². The van der Waals surface area contributed by atoms with E-state index in [1.54, 1.807) is 44.2 Å². The van der Waals surface area contributed by atoms with Gasteiger partial charge in [-0.3, -0.25) is 9.59 Å². The second-order valence-electron chi connectivity index (χ2n) is 7.66. The zero-order chi connectivity index (χ0) is 24.3. The predicted octanol–water partition coefficient (Wildman–Crippen LogP) is 3.73. The molecule has 0 aliphatic heterocycles. The van der Waals surface area contributed by atoms with E-state index in [1.807, 2.05) is 12.1 Å². The minimum absolute atomic E-state index is 0.112. The fraction of sp³-hybridized carbons (Fsp3) is 0.200. The zero-order valence-electron chi connectivity index (χ0n) is 18.9. The number of benzene rings is 3. The number of para-hydroxylation sites is 1. The van der Waals surface area contributed by atoms with Gasteiger partial charge in [0.25, 0.3) is 5.91 Å². The van der Waals surface area contributed by atoms with Crippen molar-refractivity contribution in [2.75, 3.05) is 25.0 Å². The molecule has 0 atom stereocenters. The van der Waals surface area contributed by atoms with Crippen LogP contribution in [0.1, 0.15) is 13.8 Å². The van der Waals surface area contributed by atoms with Crippen molar-refractivity contribution < 1.29 is 17.9 Å². The average molecular weight is 480 g/mol. The molecule has 0 saturated carbocycles. The fourth-order valence-corrected chi connectivity index (χ4v) is 5.22. The summed E-state index contributed by atoms with van der Waals surface area (Å²) in [4.78, 5) is 28.5. The highest BCUT2D eigenvalue weighted by Crippen LogP contribution is 2.21. The number of carbonyl (C=O) groups is 1. The Morgan fingerprint density at radius 2 is 1.62 bits per heavy atom. The molecule has 1 amide bonds. The van der Waals surface area contributed by atoms with Gasteiger partial charge < -0.3 is 15.0 Å². The number of hydrogen-bond donors (Lipinski definition) is 2. The molecule has 0 spiro atoms. The molecule has 0 radical (unpaired) electrons. The number of sulfonamides is 1. The van der Waals surface area contributed by atoms with Gasteiger partial charge in [0, 0.05) is 35.1 Å². The minimum Gasteiger partial charge on any atom is -0.484 e. The van der Waals surface area contributed by atoms with Crippen molar-refractivity contribution in [2.24, 2.45) is 0 Å². The first-order chi connectivity index (χ1) is 16.3. The summed E-state index contributed by atoms with van der Waals surface area (Å²) in [5.41, 5.74) is 1.77. The van der Waals surface area contributed by atoms with Crippen LogP contribution in [-0.2, 0) is 14.8 Å². The van der Waals surface area contributed by atoms with Crippen molar-refractivity contribution in [3.05, 3.63) is 77.0 Å². The number of nitrogens with zero attached hydrogens (tertiary/aromatic N) is 1. The molecule has 0 saturated heterocycles. The van der Waals surface area contributed by atoms with Gasteiger partial charge in [0.15, 0.2) is 12.0 Å². The SMILES string of the molecule is CCN(CC)S(=O)(=O)c1ccc(NC(=O)COc2ccc3[nH]c4ccccc4c(=O)c3c2)cc1. The largest absolute Gasteiger partial charge is 0.484 e. The molecule has 9 heteroatoms. The highest BCUT2D eigenvalue weighted by molar-refractivity contribution is 7.89. The van der Waals surface area contributed by atoms with Gasteiger partial charge in [0.2, 0.25) is 10.0 Å². The van der Waals surface area contributed by atoms with E-state index in [0.29, 0.717) is 40.8 Å². The summed E-state index contributed by atoms with van der Waals surface area (Å²) >= 11 is 0. The van der Waals surface area contributed by atoms with Gasteiger partial charge in [0.1, 0.15) is 5.75 Å². The first-order valence-corrected chi connectivity index (χ1v) is 12.3. The Kier molecular flexibility index (Phi) is 6.67. The summed E-state index contributed by atoms with van der Waals surface area (Å²) in [6.07, 6.45) is 0. The molecule has 0 aliphatic carbocycles. The standard InChI is InChI=1S/C25H25N3O5S/c1-3-28(4-2)34(31,32)19-12-9-17(10-13-19)26-24(29)16-33-18-11-14-23-21(15-18)25(30)20-7-5-6-8-22(20)27-23/h5-15H,3-4,16H2,1-2H3,(H,26,29)(H,27,30). The topological polar surface area (TPSA) is 109 Å². The van der Waals surface area contributed by atoms with E-state index >= 15 is 0 Å². The smallest absolute Gasteiger partial charge is 0.262 e. The zero-order valence-corrected chi connectivity index (χ0v) is 19.7. The van der Waals surface area contributed by atoms with E-state index < -0.39 is 15.9 Å². The summed E-state index contributed by atoms with van der Waals surface area (Å²) in [5, 5.41) is 3.73. The van der Waals surface area contributed by atoms with Crippen LogP contribution in [0, 0.1) is 0 Å². The van der Waals surface area contributed by atoms with Crippen molar-refractivity contribution in [1.29, 1.82) is 0 Å². The molecule has 3 aromatic carbocycles. The third-order valence-electron chi connectivity index (χ3n) is 5.53. The number of anilines is 1. The van der Waals surface area contributed by atoms with Crippen LogP contribution < -0.4 is 15.5 Å². The molecule has 8 nitrogen and oxygen atoms in total. The molecule has 4 rings (SSSR count). The van der Waals surface area contributed by atoms with E-state index in [1.165, 1.54) is 28.6 Å². The molecule has 0 unspecified atom stereocenters. The molecule has 0 aliphatic rings. The van der Waals surface area contributed by atoms with Crippen molar-refractivity contribution in [1.82, 2.24) is 9.29 Å². The Hall–Kier alpha value is -3.69. The van der Waals surface area contributed by atoms with Crippen LogP contribution in [0.4, 0.5) is 5.69 Å².